The Labute approximate surface area is 233 Å². The van der Waals surface area contributed by atoms with Gasteiger partial charge in [-0.3, -0.25) is 19.8 Å². The molecule has 1 aromatic carbocycles. The second-order valence-corrected chi connectivity index (χ2v) is 10.2. The smallest absolute Gasteiger partial charge is 0.322 e. The van der Waals surface area contributed by atoms with Gasteiger partial charge < -0.3 is 5.32 Å². The maximum atomic E-state index is 13.9. The number of alkyl halides is 3. The standard InChI is InChI=1S/C28H26F3N7OS/c1-18-24-12-20(15-33-26(24)36-35-18)4-3-19-11-22(16-32-14-19)27(39)34-23-6-5-21(25(13-23)28(29,30)31)17-37-7-9-38(40-2)10-8-37/h5-6,11-16H,7-10,17H2,1-2H3,(H,34,39)(H,33,35,36). The second-order valence-electron chi connectivity index (χ2n) is 9.37. The number of hydrogen-bond donors (Lipinski definition) is 2. The van der Waals surface area contributed by atoms with E-state index in [9.17, 15) is 18.0 Å². The summed E-state index contributed by atoms with van der Waals surface area (Å²) in [6, 6.07) is 7.33. The Morgan fingerprint density at radius 1 is 1.07 bits per heavy atom. The number of piperazine rings is 1. The fraction of sp³-hybridized carbons (Fsp3) is 0.286. The van der Waals surface area contributed by atoms with Gasteiger partial charge in [0.25, 0.3) is 5.91 Å². The molecule has 3 aromatic heterocycles. The molecule has 206 valence electrons. The molecule has 1 fully saturated rings. The van der Waals surface area contributed by atoms with Crippen LogP contribution in [0.2, 0.25) is 0 Å². The summed E-state index contributed by atoms with van der Waals surface area (Å²) in [5.74, 6) is 5.37. The number of nitrogens with one attached hydrogen (secondary N) is 2. The average molecular weight is 566 g/mol. The number of carbonyl (C=O) groups excluding carboxylic acids is 1. The highest BCUT2D eigenvalue weighted by atomic mass is 32.2. The number of aryl methyl sites for hydroxylation is 1. The molecule has 4 aromatic rings. The highest BCUT2D eigenvalue weighted by molar-refractivity contribution is 7.96. The van der Waals surface area contributed by atoms with Crippen LogP contribution in [0.4, 0.5) is 18.9 Å². The number of hydrogen-bond acceptors (Lipinski definition) is 7. The fourth-order valence-corrected chi connectivity index (χ4v) is 4.96. The van der Waals surface area contributed by atoms with Crippen LogP contribution in [0.3, 0.4) is 0 Å². The molecule has 0 atom stereocenters. The van der Waals surface area contributed by atoms with E-state index >= 15 is 0 Å². The largest absolute Gasteiger partial charge is 0.416 e. The van der Waals surface area contributed by atoms with Crippen LogP contribution in [0.25, 0.3) is 11.0 Å². The van der Waals surface area contributed by atoms with Crippen molar-refractivity contribution in [3.05, 3.63) is 82.4 Å². The third-order valence-corrected chi connectivity index (χ3v) is 7.49. The minimum absolute atomic E-state index is 0.0552. The fourth-order valence-electron chi connectivity index (χ4n) is 4.44. The molecule has 40 heavy (non-hydrogen) atoms. The summed E-state index contributed by atoms with van der Waals surface area (Å²) < 4.78 is 44.0. The first-order valence-corrected chi connectivity index (χ1v) is 13.7. The number of rotatable bonds is 5. The SMILES string of the molecule is CSN1CCN(Cc2ccc(NC(=O)c3cncc(C#Cc4cnc5n[nH]c(C)c5c4)c3)cc2C(F)(F)F)CC1. The molecule has 0 bridgehead atoms. The van der Waals surface area contributed by atoms with E-state index in [1.165, 1.54) is 30.6 Å². The summed E-state index contributed by atoms with van der Waals surface area (Å²) in [5.41, 5.74) is 2.27. The molecule has 1 aliphatic heterocycles. The first-order chi connectivity index (χ1) is 19.2. The normalized spacial score (nSPS) is 14.6. The minimum atomic E-state index is -4.55. The van der Waals surface area contributed by atoms with Gasteiger partial charge >= 0.3 is 6.18 Å². The summed E-state index contributed by atoms with van der Waals surface area (Å²) in [7, 11) is 0. The molecule has 8 nitrogen and oxygen atoms in total. The van der Waals surface area contributed by atoms with Gasteiger partial charge in [0.15, 0.2) is 5.65 Å². The lowest BCUT2D eigenvalue weighted by Gasteiger charge is -2.33. The van der Waals surface area contributed by atoms with E-state index in [2.05, 4.69) is 41.6 Å². The van der Waals surface area contributed by atoms with Crippen molar-refractivity contribution < 1.29 is 18.0 Å². The molecule has 2 N–H and O–H groups in total. The minimum Gasteiger partial charge on any atom is -0.322 e. The molecular weight excluding hydrogens is 539 g/mol. The van der Waals surface area contributed by atoms with Gasteiger partial charge in [0.2, 0.25) is 0 Å². The zero-order valence-electron chi connectivity index (χ0n) is 21.8. The molecule has 0 aliphatic carbocycles. The van der Waals surface area contributed by atoms with Crippen LogP contribution in [0.1, 0.15) is 38.3 Å². The molecule has 0 unspecified atom stereocenters. The van der Waals surface area contributed by atoms with Crippen molar-refractivity contribution in [2.45, 2.75) is 19.6 Å². The third-order valence-electron chi connectivity index (χ3n) is 6.61. The van der Waals surface area contributed by atoms with Gasteiger partial charge in [-0.05, 0) is 43.0 Å². The van der Waals surface area contributed by atoms with Crippen molar-refractivity contribution in [3.63, 3.8) is 0 Å². The molecule has 1 amide bonds. The van der Waals surface area contributed by atoms with E-state index in [1.54, 1.807) is 18.1 Å². The molecule has 1 saturated heterocycles. The summed E-state index contributed by atoms with van der Waals surface area (Å²) >= 11 is 1.64. The number of halogens is 3. The number of H-pyrrole nitrogens is 1. The predicted molar refractivity (Wildman–Crippen MR) is 149 cm³/mol. The van der Waals surface area contributed by atoms with Crippen LogP contribution >= 0.6 is 11.9 Å². The quantitative estimate of drug-likeness (QED) is 0.267. The summed E-state index contributed by atoms with van der Waals surface area (Å²) in [4.78, 5) is 23.3. The van der Waals surface area contributed by atoms with Gasteiger partial charge in [0.1, 0.15) is 0 Å². The Morgan fingerprint density at radius 2 is 1.82 bits per heavy atom. The maximum absolute atomic E-state index is 13.9. The van der Waals surface area contributed by atoms with Crippen LogP contribution in [0.5, 0.6) is 0 Å². The van der Waals surface area contributed by atoms with Gasteiger partial charge in [-0.15, -0.1) is 0 Å². The Balaban J connectivity index is 1.30. The van der Waals surface area contributed by atoms with Gasteiger partial charge in [-0.25, -0.2) is 9.29 Å². The van der Waals surface area contributed by atoms with Gasteiger partial charge in [0.05, 0.1) is 11.1 Å². The number of benzene rings is 1. The highest BCUT2D eigenvalue weighted by Crippen LogP contribution is 2.35. The number of pyridine rings is 2. The molecule has 5 rings (SSSR count). The maximum Gasteiger partial charge on any atom is 0.416 e. The van der Waals surface area contributed by atoms with E-state index in [1.807, 2.05) is 24.1 Å². The zero-order valence-corrected chi connectivity index (χ0v) is 22.7. The van der Waals surface area contributed by atoms with Crippen LogP contribution in [0.15, 0.2) is 48.9 Å². The third kappa shape index (κ3) is 6.44. The van der Waals surface area contributed by atoms with Gasteiger partial charge in [0, 0.05) is 79.2 Å². The highest BCUT2D eigenvalue weighted by Gasteiger charge is 2.34. The van der Waals surface area contributed by atoms with E-state index in [4.69, 9.17) is 0 Å². The van der Waals surface area contributed by atoms with E-state index < -0.39 is 17.6 Å². The number of aromatic amines is 1. The van der Waals surface area contributed by atoms with Gasteiger partial charge in [-0.2, -0.15) is 18.3 Å². The van der Waals surface area contributed by atoms with Crippen LogP contribution in [0, 0.1) is 18.8 Å². The monoisotopic (exact) mass is 565 g/mol. The Bertz CT molecular complexity index is 1600. The van der Waals surface area contributed by atoms with Crippen molar-refractivity contribution in [1.29, 1.82) is 0 Å². The molecule has 1 aliphatic rings. The molecule has 12 heteroatoms. The number of carbonyl (C=O) groups is 1. The lowest BCUT2D eigenvalue weighted by Crippen LogP contribution is -2.43. The van der Waals surface area contributed by atoms with Crippen LogP contribution in [-0.2, 0) is 12.7 Å². The van der Waals surface area contributed by atoms with Crippen molar-refractivity contribution in [2.75, 3.05) is 37.8 Å². The molecule has 4 heterocycles. The molecule has 0 radical (unpaired) electrons. The summed E-state index contributed by atoms with van der Waals surface area (Å²) in [6.07, 6.45) is 1.89. The van der Waals surface area contributed by atoms with Crippen molar-refractivity contribution in [1.82, 2.24) is 29.4 Å². The van der Waals surface area contributed by atoms with Crippen LogP contribution in [-0.4, -0.2) is 67.7 Å². The lowest BCUT2D eigenvalue weighted by atomic mass is 10.0. The van der Waals surface area contributed by atoms with E-state index in [0.717, 1.165) is 30.2 Å². The number of nitrogens with zero attached hydrogens (tertiary/aromatic N) is 5. The second kappa shape index (κ2) is 11.7. The first-order valence-electron chi connectivity index (χ1n) is 12.5. The first kappa shape index (κ1) is 27.6. The summed E-state index contributed by atoms with van der Waals surface area (Å²) in [6.45, 7) is 5.06. The lowest BCUT2D eigenvalue weighted by molar-refractivity contribution is -0.138. The average Bonchev–Trinajstić information content (AvgIpc) is 3.32. The van der Waals surface area contributed by atoms with Crippen molar-refractivity contribution >= 4 is 34.6 Å². The van der Waals surface area contributed by atoms with Gasteiger partial charge in [-0.1, -0.05) is 29.9 Å². The molecule has 0 saturated carbocycles. The van der Waals surface area contributed by atoms with Crippen LogP contribution < -0.4 is 5.32 Å². The Morgan fingerprint density at radius 3 is 2.55 bits per heavy atom. The van der Waals surface area contributed by atoms with E-state index in [-0.39, 0.29) is 23.4 Å². The number of anilines is 1. The number of fused-ring (bicyclic) bond motifs is 1. The van der Waals surface area contributed by atoms with Crippen molar-refractivity contribution in [3.8, 4) is 11.8 Å². The molecule has 0 spiro atoms. The predicted octanol–water partition coefficient (Wildman–Crippen LogP) is 4.73. The number of amides is 1. The van der Waals surface area contributed by atoms with Crippen molar-refractivity contribution in [2.24, 2.45) is 0 Å². The Hall–Kier alpha value is -3.92. The summed E-state index contributed by atoms with van der Waals surface area (Å²) in [5, 5.41) is 10.4. The molecular formula is C28H26F3N7OS. The zero-order chi connectivity index (χ0) is 28.3. The van der Waals surface area contributed by atoms with E-state index in [0.29, 0.717) is 29.9 Å². The Kier molecular flexibility index (Phi) is 8.07. The number of aromatic nitrogens is 4. The topological polar surface area (TPSA) is 90.0 Å².